The first-order valence-corrected chi connectivity index (χ1v) is 6.28. The van der Waals surface area contributed by atoms with Gasteiger partial charge in [0.25, 0.3) is 0 Å². The summed E-state index contributed by atoms with van der Waals surface area (Å²) in [5.41, 5.74) is 0.493. The molecule has 0 amide bonds. The van der Waals surface area contributed by atoms with Gasteiger partial charge in [-0.3, -0.25) is 4.90 Å². The quantitative estimate of drug-likeness (QED) is 0.832. The molecule has 3 heteroatoms. The van der Waals surface area contributed by atoms with Gasteiger partial charge >= 0.3 is 0 Å². The van der Waals surface area contributed by atoms with Crippen LogP contribution in [0.15, 0.2) is 30.3 Å². The van der Waals surface area contributed by atoms with Gasteiger partial charge in [0.1, 0.15) is 0 Å². The SMILES string of the molecule is CCC1(O)C[C@@H](O)CN(Cc2ccccc2)C1. The third kappa shape index (κ3) is 3.28. The number of rotatable bonds is 3. The molecular weight excluding hydrogens is 214 g/mol. The Morgan fingerprint density at radius 3 is 2.71 bits per heavy atom. The van der Waals surface area contributed by atoms with Crippen LogP contribution in [-0.4, -0.2) is 39.9 Å². The molecule has 1 heterocycles. The number of hydrogen-bond donors (Lipinski definition) is 2. The van der Waals surface area contributed by atoms with Crippen molar-refractivity contribution >= 4 is 0 Å². The van der Waals surface area contributed by atoms with E-state index in [1.165, 1.54) is 5.56 Å². The maximum atomic E-state index is 10.3. The fraction of sp³-hybridized carbons (Fsp3) is 0.571. The van der Waals surface area contributed by atoms with E-state index in [-0.39, 0.29) is 0 Å². The fourth-order valence-corrected chi connectivity index (χ4v) is 2.56. The Balaban J connectivity index is 2.01. The van der Waals surface area contributed by atoms with Crippen LogP contribution in [0.1, 0.15) is 25.3 Å². The molecular formula is C14H21NO2. The summed E-state index contributed by atoms with van der Waals surface area (Å²) in [6, 6.07) is 10.2. The van der Waals surface area contributed by atoms with Crippen LogP contribution in [0.2, 0.25) is 0 Å². The van der Waals surface area contributed by atoms with E-state index in [4.69, 9.17) is 0 Å². The number of hydrogen-bond acceptors (Lipinski definition) is 3. The first-order valence-electron chi connectivity index (χ1n) is 6.28. The number of benzene rings is 1. The molecule has 1 unspecified atom stereocenters. The molecule has 94 valence electrons. The van der Waals surface area contributed by atoms with E-state index in [2.05, 4.69) is 17.0 Å². The molecule has 0 aromatic heterocycles. The second-order valence-electron chi connectivity index (χ2n) is 5.09. The van der Waals surface area contributed by atoms with Gasteiger partial charge in [0.15, 0.2) is 0 Å². The maximum Gasteiger partial charge on any atom is 0.0796 e. The van der Waals surface area contributed by atoms with Gasteiger partial charge in [-0.05, 0) is 12.0 Å². The lowest BCUT2D eigenvalue weighted by Crippen LogP contribution is -2.52. The largest absolute Gasteiger partial charge is 0.392 e. The summed E-state index contributed by atoms with van der Waals surface area (Å²) in [5.74, 6) is 0. The van der Waals surface area contributed by atoms with Gasteiger partial charge in [-0.1, -0.05) is 37.3 Å². The van der Waals surface area contributed by atoms with E-state index >= 15 is 0 Å². The fourth-order valence-electron chi connectivity index (χ4n) is 2.56. The van der Waals surface area contributed by atoms with E-state index in [0.717, 1.165) is 6.54 Å². The van der Waals surface area contributed by atoms with Gasteiger partial charge in [-0.25, -0.2) is 0 Å². The minimum Gasteiger partial charge on any atom is -0.392 e. The topological polar surface area (TPSA) is 43.7 Å². The Hall–Kier alpha value is -0.900. The van der Waals surface area contributed by atoms with Crippen LogP contribution in [-0.2, 0) is 6.54 Å². The highest BCUT2D eigenvalue weighted by atomic mass is 16.3. The molecule has 2 atom stereocenters. The minimum atomic E-state index is -0.730. The third-order valence-electron chi connectivity index (χ3n) is 3.51. The molecule has 1 aliphatic heterocycles. The van der Waals surface area contributed by atoms with Crippen LogP contribution in [0.3, 0.4) is 0 Å². The van der Waals surface area contributed by atoms with E-state index in [1.54, 1.807) is 0 Å². The first-order chi connectivity index (χ1) is 8.11. The molecule has 1 saturated heterocycles. The smallest absolute Gasteiger partial charge is 0.0796 e. The number of likely N-dealkylation sites (tertiary alicyclic amines) is 1. The third-order valence-corrected chi connectivity index (χ3v) is 3.51. The normalized spacial score (nSPS) is 30.4. The van der Waals surface area contributed by atoms with Crippen LogP contribution >= 0.6 is 0 Å². The minimum absolute atomic E-state index is 0.419. The Bertz CT molecular complexity index is 354. The average molecular weight is 235 g/mol. The average Bonchev–Trinajstić information content (AvgIpc) is 2.29. The predicted octanol–water partition coefficient (Wildman–Crippen LogP) is 1.39. The van der Waals surface area contributed by atoms with Gasteiger partial charge < -0.3 is 10.2 Å². The van der Waals surface area contributed by atoms with E-state index < -0.39 is 11.7 Å². The van der Waals surface area contributed by atoms with Crippen molar-refractivity contribution in [1.29, 1.82) is 0 Å². The Morgan fingerprint density at radius 2 is 2.06 bits per heavy atom. The maximum absolute atomic E-state index is 10.3. The summed E-state index contributed by atoms with van der Waals surface area (Å²) in [7, 11) is 0. The first kappa shape index (κ1) is 12.6. The zero-order valence-electron chi connectivity index (χ0n) is 10.3. The van der Waals surface area contributed by atoms with Crippen molar-refractivity contribution in [2.75, 3.05) is 13.1 Å². The predicted molar refractivity (Wildman–Crippen MR) is 67.6 cm³/mol. The van der Waals surface area contributed by atoms with Gasteiger partial charge in [-0.2, -0.15) is 0 Å². The van der Waals surface area contributed by atoms with Crippen LogP contribution in [0, 0.1) is 0 Å². The molecule has 0 radical (unpaired) electrons. The van der Waals surface area contributed by atoms with Crippen molar-refractivity contribution in [3.63, 3.8) is 0 Å². The number of nitrogens with zero attached hydrogens (tertiary/aromatic N) is 1. The molecule has 1 aromatic rings. The van der Waals surface area contributed by atoms with Gasteiger partial charge in [-0.15, -0.1) is 0 Å². The van der Waals surface area contributed by atoms with Crippen molar-refractivity contribution < 1.29 is 10.2 Å². The summed E-state index contributed by atoms with van der Waals surface area (Å²) in [6.45, 7) is 4.06. The van der Waals surface area contributed by atoms with Crippen molar-refractivity contribution in [3.05, 3.63) is 35.9 Å². The zero-order chi connectivity index (χ0) is 12.3. The Morgan fingerprint density at radius 1 is 1.35 bits per heavy atom. The van der Waals surface area contributed by atoms with Crippen molar-refractivity contribution in [3.8, 4) is 0 Å². The molecule has 1 fully saturated rings. The van der Waals surface area contributed by atoms with E-state index in [0.29, 0.717) is 25.9 Å². The molecule has 0 saturated carbocycles. The van der Waals surface area contributed by atoms with Gasteiger partial charge in [0.2, 0.25) is 0 Å². The summed E-state index contributed by atoms with van der Waals surface area (Å²) in [6.07, 6.45) is 0.766. The molecule has 17 heavy (non-hydrogen) atoms. The summed E-state index contributed by atoms with van der Waals surface area (Å²) in [4.78, 5) is 2.13. The number of aliphatic hydroxyl groups excluding tert-OH is 1. The molecule has 1 aliphatic rings. The summed E-state index contributed by atoms with van der Waals surface area (Å²) in [5, 5.41) is 20.1. The molecule has 0 aliphatic carbocycles. The van der Waals surface area contributed by atoms with Gasteiger partial charge in [0, 0.05) is 26.1 Å². The standard InChI is InChI=1S/C14H21NO2/c1-2-14(17)8-13(16)10-15(11-14)9-12-6-4-3-5-7-12/h3-7,13,16-17H,2,8-11H2,1H3/t13-,14?/m1/s1. The van der Waals surface area contributed by atoms with Crippen molar-refractivity contribution in [2.45, 2.75) is 38.0 Å². The van der Waals surface area contributed by atoms with Gasteiger partial charge in [0.05, 0.1) is 11.7 Å². The summed E-state index contributed by atoms with van der Waals surface area (Å²) < 4.78 is 0. The van der Waals surface area contributed by atoms with Crippen LogP contribution in [0.4, 0.5) is 0 Å². The van der Waals surface area contributed by atoms with E-state index in [9.17, 15) is 10.2 Å². The summed E-state index contributed by atoms with van der Waals surface area (Å²) >= 11 is 0. The lowest BCUT2D eigenvalue weighted by Gasteiger charge is -2.41. The van der Waals surface area contributed by atoms with Crippen molar-refractivity contribution in [1.82, 2.24) is 4.90 Å². The molecule has 1 aromatic carbocycles. The highest BCUT2D eigenvalue weighted by Crippen LogP contribution is 2.25. The van der Waals surface area contributed by atoms with Crippen LogP contribution < -0.4 is 0 Å². The van der Waals surface area contributed by atoms with Crippen LogP contribution in [0.25, 0.3) is 0 Å². The molecule has 0 bridgehead atoms. The molecule has 3 nitrogen and oxygen atoms in total. The second-order valence-corrected chi connectivity index (χ2v) is 5.09. The molecule has 2 rings (SSSR count). The lowest BCUT2D eigenvalue weighted by molar-refractivity contribution is -0.0839. The lowest BCUT2D eigenvalue weighted by atomic mass is 9.88. The highest BCUT2D eigenvalue weighted by molar-refractivity contribution is 5.14. The van der Waals surface area contributed by atoms with E-state index in [1.807, 2.05) is 25.1 Å². The Kier molecular flexibility index (Phi) is 3.82. The zero-order valence-corrected chi connectivity index (χ0v) is 10.3. The second kappa shape index (κ2) is 5.17. The number of aliphatic hydroxyl groups is 2. The highest BCUT2D eigenvalue weighted by Gasteiger charge is 2.35. The molecule has 0 spiro atoms. The van der Waals surface area contributed by atoms with Crippen LogP contribution in [0.5, 0.6) is 0 Å². The Labute approximate surface area is 103 Å². The molecule has 2 N–H and O–H groups in total. The van der Waals surface area contributed by atoms with Crippen molar-refractivity contribution in [2.24, 2.45) is 0 Å². The number of β-amino-alcohol motifs (C(OH)–C–C–N with tert-alkyl or cyclic N) is 2. The monoisotopic (exact) mass is 235 g/mol. The number of piperidine rings is 1.